The number of rotatable bonds is 2. The van der Waals surface area contributed by atoms with Crippen molar-refractivity contribution in [2.75, 3.05) is 13.1 Å². The average Bonchev–Trinajstić information content (AvgIpc) is 2.79. The predicted octanol–water partition coefficient (Wildman–Crippen LogP) is -1.25. The van der Waals surface area contributed by atoms with Crippen LogP contribution in [0.15, 0.2) is 0 Å². The summed E-state index contributed by atoms with van der Waals surface area (Å²) in [5.74, 6) is 3.51. The van der Waals surface area contributed by atoms with Gasteiger partial charge in [-0.1, -0.05) is 0 Å². The van der Waals surface area contributed by atoms with Crippen molar-refractivity contribution in [1.29, 1.82) is 0 Å². The van der Waals surface area contributed by atoms with Crippen molar-refractivity contribution in [1.82, 2.24) is 0 Å². The van der Waals surface area contributed by atoms with E-state index in [1.807, 2.05) is 0 Å². The van der Waals surface area contributed by atoms with E-state index >= 15 is 0 Å². The number of nitrogens with two attached hydrogens (primary N) is 2. The Morgan fingerprint density at radius 2 is 1.24 bits per heavy atom. The molecule has 0 saturated heterocycles. The molecule has 17 heavy (non-hydrogen) atoms. The van der Waals surface area contributed by atoms with Crippen LogP contribution < -0.4 is 11.5 Å². The Labute approximate surface area is 100 Å². The maximum Gasteiger partial charge on any atom is 0.0838 e. The highest BCUT2D eigenvalue weighted by Crippen LogP contribution is 2.87. The summed E-state index contributed by atoms with van der Waals surface area (Å²) < 4.78 is 0. The maximum absolute atomic E-state index is 10.9. The van der Waals surface area contributed by atoms with Crippen LogP contribution in [0.4, 0.5) is 0 Å². The molecule has 0 aromatic heterocycles. The minimum absolute atomic E-state index is 0.232. The lowest BCUT2D eigenvalue weighted by molar-refractivity contribution is -0.207. The van der Waals surface area contributed by atoms with E-state index in [0.717, 1.165) is 0 Å². The summed E-state index contributed by atoms with van der Waals surface area (Å²) >= 11 is 0. The zero-order chi connectivity index (χ0) is 11.7. The molecular weight excluding hydrogens is 216 g/mol. The lowest BCUT2D eigenvalue weighted by Gasteiger charge is -2.57. The van der Waals surface area contributed by atoms with Gasteiger partial charge in [-0.25, -0.2) is 0 Å². The number of aliphatic hydroxyl groups is 2. The molecule has 6 N–H and O–H groups in total. The second kappa shape index (κ2) is 2.31. The minimum Gasteiger partial charge on any atom is -0.388 e. The molecule has 5 aliphatic carbocycles. The third-order valence-corrected chi connectivity index (χ3v) is 7.47. The van der Waals surface area contributed by atoms with Gasteiger partial charge in [0.25, 0.3) is 0 Å². The van der Waals surface area contributed by atoms with Crippen LogP contribution in [0, 0.1) is 47.3 Å². The summed E-state index contributed by atoms with van der Waals surface area (Å²) in [5.41, 5.74) is 10.4. The Hall–Kier alpha value is -0.160. The van der Waals surface area contributed by atoms with Gasteiger partial charge in [0.15, 0.2) is 0 Å². The third kappa shape index (κ3) is 0.622. The summed E-state index contributed by atoms with van der Waals surface area (Å²) in [6, 6.07) is 0. The maximum atomic E-state index is 10.9. The third-order valence-electron chi connectivity index (χ3n) is 7.47. The number of fused-ring (bicyclic) bond motifs is 2. The molecule has 0 heterocycles. The Kier molecular flexibility index (Phi) is 1.32. The Morgan fingerprint density at radius 3 is 1.59 bits per heavy atom. The van der Waals surface area contributed by atoms with Crippen molar-refractivity contribution in [2.24, 2.45) is 58.8 Å². The molecule has 5 rings (SSSR count). The summed E-state index contributed by atoms with van der Waals surface area (Å²) in [6.45, 7) is 0.727. The van der Waals surface area contributed by atoms with Crippen molar-refractivity contribution in [3.8, 4) is 0 Å². The monoisotopic (exact) mass is 236 g/mol. The van der Waals surface area contributed by atoms with E-state index in [4.69, 9.17) is 11.5 Å². The van der Waals surface area contributed by atoms with Gasteiger partial charge in [-0.05, 0) is 53.8 Å². The molecule has 0 radical (unpaired) electrons. The molecule has 0 spiro atoms. The molecule has 5 saturated carbocycles. The Balaban J connectivity index is 1.75. The fourth-order valence-corrected chi connectivity index (χ4v) is 7.49. The first-order chi connectivity index (χ1) is 8.09. The van der Waals surface area contributed by atoms with Gasteiger partial charge in [0.2, 0.25) is 0 Å². The fraction of sp³-hybridized carbons (Fsp3) is 1.00. The SMILES string of the molecule is NC[C@]1(O)[C@@H]2[C@@H]3[C@@H]4C[C@@H]5[C@@H]3[C@@H]2[C@](O)(CN)[C@H]5[C@H]41. The topological polar surface area (TPSA) is 92.5 Å². The molecular formula is C13H20N2O2. The average molecular weight is 236 g/mol. The van der Waals surface area contributed by atoms with Crippen LogP contribution >= 0.6 is 0 Å². The lowest BCUT2D eigenvalue weighted by atomic mass is 9.52. The first-order valence-corrected chi connectivity index (χ1v) is 6.94. The molecule has 4 heteroatoms. The molecule has 0 aromatic rings. The van der Waals surface area contributed by atoms with Crippen LogP contribution in [-0.4, -0.2) is 34.5 Å². The number of hydrogen-bond donors (Lipinski definition) is 4. The highest BCUT2D eigenvalue weighted by atomic mass is 16.3. The first kappa shape index (κ1) is 9.73. The van der Waals surface area contributed by atoms with Crippen LogP contribution in [0.1, 0.15) is 6.42 Å². The van der Waals surface area contributed by atoms with Crippen LogP contribution in [-0.2, 0) is 0 Å². The highest BCUT2D eigenvalue weighted by Gasteiger charge is 2.90. The summed E-state index contributed by atoms with van der Waals surface area (Å²) in [5, 5.41) is 21.9. The largest absolute Gasteiger partial charge is 0.388 e. The highest BCUT2D eigenvalue weighted by molar-refractivity contribution is 5.38. The predicted molar refractivity (Wildman–Crippen MR) is 60.5 cm³/mol. The first-order valence-electron chi connectivity index (χ1n) is 6.94. The Morgan fingerprint density at radius 1 is 0.824 bits per heavy atom. The summed E-state index contributed by atoms with van der Waals surface area (Å²) in [7, 11) is 0. The second-order valence-electron chi connectivity index (χ2n) is 7.21. The smallest absolute Gasteiger partial charge is 0.0838 e. The van der Waals surface area contributed by atoms with E-state index in [0.29, 0.717) is 36.8 Å². The second-order valence-corrected chi connectivity index (χ2v) is 7.21. The van der Waals surface area contributed by atoms with Crippen molar-refractivity contribution in [3.05, 3.63) is 0 Å². The van der Waals surface area contributed by atoms with Gasteiger partial charge in [-0.2, -0.15) is 0 Å². The molecule has 0 unspecified atom stereocenters. The lowest BCUT2D eigenvalue weighted by Crippen LogP contribution is -2.68. The summed E-state index contributed by atoms with van der Waals surface area (Å²) in [6.07, 6.45) is 1.21. The van der Waals surface area contributed by atoms with Gasteiger partial charge in [0.1, 0.15) is 0 Å². The van der Waals surface area contributed by atoms with Crippen LogP contribution in [0.2, 0.25) is 0 Å². The quantitative estimate of drug-likeness (QED) is 0.482. The standard InChI is InChI=1S/C13H20N2O2/c14-2-12(16)8-4-1-5-7-6(4)10(12)11(7)13(17,3-15)9(5)8/h4-11,16-17H,1-3,14-15H2/t4-,5+,6+,7-,8-,9+,10+,11-,12+,13-. The van der Waals surface area contributed by atoms with Crippen LogP contribution in [0.3, 0.4) is 0 Å². The van der Waals surface area contributed by atoms with Crippen molar-refractivity contribution in [3.63, 3.8) is 0 Å². The van der Waals surface area contributed by atoms with Gasteiger partial charge in [-0.3, -0.25) is 0 Å². The summed E-state index contributed by atoms with van der Waals surface area (Å²) in [4.78, 5) is 0. The zero-order valence-electron chi connectivity index (χ0n) is 9.79. The number of hydrogen-bond acceptors (Lipinski definition) is 4. The van der Waals surface area contributed by atoms with E-state index in [1.165, 1.54) is 6.42 Å². The van der Waals surface area contributed by atoms with Crippen molar-refractivity contribution in [2.45, 2.75) is 17.6 Å². The van der Waals surface area contributed by atoms with Crippen LogP contribution in [0.5, 0.6) is 0 Å². The minimum atomic E-state index is -0.687. The van der Waals surface area contributed by atoms with E-state index in [9.17, 15) is 10.2 Å². The van der Waals surface area contributed by atoms with Crippen LogP contribution in [0.25, 0.3) is 0 Å². The van der Waals surface area contributed by atoms with Crippen molar-refractivity contribution < 1.29 is 10.2 Å². The van der Waals surface area contributed by atoms with E-state index in [-0.39, 0.29) is 23.7 Å². The van der Waals surface area contributed by atoms with Gasteiger partial charge in [-0.15, -0.1) is 0 Å². The zero-order valence-corrected chi connectivity index (χ0v) is 9.79. The molecule has 10 atom stereocenters. The van der Waals surface area contributed by atoms with Gasteiger partial charge >= 0.3 is 0 Å². The Bertz CT molecular complexity index is 388. The van der Waals surface area contributed by atoms with Gasteiger partial charge < -0.3 is 21.7 Å². The molecule has 0 aliphatic heterocycles. The molecule has 0 amide bonds. The molecule has 0 aromatic carbocycles. The fourth-order valence-electron chi connectivity index (χ4n) is 7.49. The molecule has 4 nitrogen and oxygen atoms in total. The normalized spacial score (nSPS) is 76.9. The molecule has 5 fully saturated rings. The van der Waals surface area contributed by atoms with Crippen molar-refractivity contribution >= 4 is 0 Å². The van der Waals surface area contributed by atoms with E-state index < -0.39 is 11.2 Å². The van der Waals surface area contributed by atoms with Gasteiger partial charge in [0, 0.05) is 13.1 Å². The molecule has 2 bridgehead atoms. The van der Waals surface area contributed by atoms with Gasteiger partial charge in [0.05, 0.1) is 11.2 Å². The molecule has 5 aliphatic rings. The van der Waals surface area contributed by atoms with E-state index in [2.05, 4.69) is 0 Å². The molecule has 94 valence electrons. The van der Waals surface area contributed by atoms with E-state index in [1.54, 1.807) is 0 Å².